The maximum atomic E-state index is 5.38. The van der Waals surface area contributed by atoms with Crippen molar-refractivity contribution >= 4 is 32.4 Å². The Labute approximate surface area is 113 Å². The summed E-state index contributed by atoms with van der Waals surface area (Å²) >= 11 is 3.45. The third kappa shape index (κ3) is 2.11. The van der Waals surface area contributed by atoms with Gasteiger partial charge >= 0.3 is 0 Å². The van der Waals surface area contributed by atoms with Crippen molar-refractivity contribution in [3.63, 3.8) is 0 Å². The summed E-state index contributed by atoms with van der Waals surface area (Å²) in [5.74, 6) is 0.890. The van der Waals surface area contributed by atoms with Crippen LogP contribution < -0.4 is 5.32 Å². The van der Waals surface area contributed by atoms with Gasteiger partial charge in [-0.2, -0.15) is 0 Å². The Morgan fingerprint density at radius 1 is 1.22 bits per heavy atom. The number of nitrogens with one attached hydrogen (secondary N) is 1. The molecule has 0 saturated carbocycles. The number of halogens is 1. The van der Waals surface area contributed by atoms with Crippen LogP contribution in [0.25, 0.3) is 10.8 Å². The van der Waals surface area contributed by atoms with Gasteiger partial charge in [-0.15, -0.1) is 0 Å². The van der Waals surface area contributed by atoms with E-state index in [-0.39, 0.29) is 0 Å². The van der Waals surface area contributed by atoms with Crippen LogP contribution in [0.3, 0.4) is 0 Å². The molecule has 18 heavy (non-hydrogen) atoms. The average Bonchev–Trinajstić information content (AvgIpc) is 2.82. The zero-order valence-corrected chi connectivity index (χ0v) is 11.1. The monoisotopic (exact) mass is 302 g/mol. The molecular formula is C14H11BrN2O. The molecule has 0 aliphatic heterocycles. The second kappa shape index (κ2) is 4.82. The van der Waals surface area contributed by atoms with E-state index >= 15 is 0 Å². The number of hydrogen-bond donors (Lipinski definition) is 1. The van der Waals surface area contributed by atoms with Crippen molar-refractivity contribution in [2.75, 3.05) is 5.32 Å². The first kappa shape index (κ1) is 11.3. The van der Waals surface area contributed by atoms with Crippen molar-refractivity contribution in [2.24, 2.45) is 0 Å². The van der Waals surface area contributed by atoms with Crippen molar-refractivity contribution in [3.8, 4) is 0 Å². The number of anilines is 1. The lowest BCUT2D eigenvalue weighted by Crippen LogP contribution is -1.99. The minimum atomic E-state index is 0.648. The third-order valence-corrected chi connectivity index (χ3v) is 3.52. The fourth-order valence-corrected chi connectivity index (χ4v) is 2.24. The summed E-state index contributed by atoms with van der Waals surface area (Å²) in [7, 11) is 0. The van der Waals surface area contributed by atoms with Crippen LogP contribution in [0.1, 0.15) is 5.76 Å². The molecule has 3 aromatic rings. The van der Waals surface area contributed by atoms with Crippen LogP contribution in [0.4, 0.5) is 5.69 Å². The molecule has 0 radical (unpaired) electrons. The van der Waals surface area contributed by atoms with Gasteiger partial charge in [-0.1, -0.05) is 12.1 Å². The third-order valence-electron chi connectivity index (χ3n) is 2.81. The summed E-state index contributed by atoms with van der Waals surface area (Å²) < 4.78 is 6.36. The minimum absolute atomic E-state index is 0.648. The van der Waals surface area contributed by atoms with E-state index in [0.29, 0.717) is 6.54 Å². The van der Waals surface area contributed by atoms with Gasteiger partial charge in [0.25, 0.3) is 0 Å². The standard InChI is InChI=1S/C14H11BrN2O/c15-12-5-7-18-14(12)9-17-13-3-1-2-10-8-16-6-4-11(10)13/h1-8,17H,9H2. The smallest absolute Gasteiger partial charge is 0.136 e. The number of benzene rings is 1. The molecule has 0 unspecified atom stereocenters. The molecule has 90 valence electrons. The molecule has 3 rings (SSSR count). The van der Waals surface area contributed by atoms with Gasteiger partial charge in [0.1, 0.15) is 5.76 Å². The van der Waals surface area contributed by atoms with Crippen LogP contribution >= 0.6 is 15.9 Å². The fraction of sp³-hybridized carbons (Fsp3) is 0.0714. The maximum Gasteiger partial charge on any atom is 0.136 e. The number of rotatable bonds is 3. The summed E-state index contributed by atoms with van der Waals surface area (Å²) in [5.41, 5.74) is 1.08. The van der Waals surface area contributed by atoms with Crippen LogP contribution in [0.2, 0.25) is 0 Å². The molecule has 0 amide bonds. The first-order valence-electron chi connectivity index (χ1n) is 5.63. The van der Waals surface area contributed by atoms with Crippen LogP contribution in [0, 0.1) is 0 Å². The summed E-state index contributed by atoms with van der Waals surface area (Å²) in [6.07, 6.45) is 5.34. The van der Waals surface area contributed by atoms with E-state index in [1.165, 1.54) is 0 Å². The second-order valence-electron chi connectivity index (χ2n) is 3.95. The summed E-state index contributed by atoms with van der Waals surface area (Å²) in [5, 5.41) is 5.67. The van der Waals surface area contributed by atoms with E-state index in [0.717, 1.165) is 26.7 Å². The highest BCUT2D eigenvalue weighted by Gasteiger charge is 2.04. The number of furan rings is 1. The number of aromatic nitrogens is 1. The topological polar surface area (TPSA) is 38.1 Å². The largest absolute Gasteiger partial charge is 0.466 e. The molecule has 0 aliphatic carbocycles. The Morgan fingerprint density at radius 3 is 3.00 bits per heavy atom. The molecule has 0 saturated heterocycles. The quantitative estimate of drug-likeness (QED) is 0.788. The molecular weight excluding hydrogens is 292 g/mol. The lowest BCUT2D eigenvalue weighted by Gasteiger charge is -2.08. The Hall–Kier alpha value is -1.81. The molecule has 0 fully saturated rings. The summed E-state index contributed by atoms with van der Waals surface area (Å²) in [6, 6.07) is 10.0. The Balaban J connectivity index is 1.89. The molecule has 3 nitrogen and oxygen atoms in total. The van der Waals surface area contributed by atoms with E-state index in [1.54, 1.807) is 12.5 Å². The SMILES string of the molecule is Brc1ccoc1CNc1cccc2cnccc12. The molecule has 1 N–H and O–H groups in total. The highest BCUT2D eigenvalue weighted by atomic mass is 79.9. The predicted molar refractivity (Wildman–Crippen MR) is 75.5 cm³/mol. The first-order chi connectivity index (χ1) is 8.84. The number of hydrogen-bond acceptors (Lipinski definition) is 3. The van der Waals surface area contributed by atoms with E-state index in [2.05, 4.69) is 38.4 Å². The number of nitrogens with zero attached hydrogens (tertiary/aromatic N) is 1. The van der Waals surface area contributed by atoms with Crippen molar-refractivity contribution in [2.45, 2.75) is 6.54 Å². The van der Waals surface area contributed by atoms with Crippen molar-refractivity contribution in [1.82, 2.24) is 4.98 Å². The molecule has 0 spiro atoms. The van der Waals surface area contributed by atoms with Crippen LogP contribution in [0.15, 0.2) is 57.9 Å². The van der Waals surface area contributed by atoms with Gasteiger partial charge in [0, 0.05) is 28.9 Å². The second-order valence-corrected chi connectivity index (χ2v) is 4.80. The first-order valence-corrected chi connectivity index (χ1v) is 6.42. The van der Waals surface area contributed by atoms with Gasteiger partial charge in [-0.3, -0.25) is 4.98 Å². The fourth-order valence-electron chi connectivity index (χ4n) is 1.90. The van der Waals surface area contributed by atoms with Gasteiger partial charge < -0.3 is 9.73 Å². The highest BCUT2D eigenvalue weighted by molar-refractivity contribution is 9.10. The van der Waals surface area contributed by atoms with Gasteiger partial charge in [-0.05, 0) is 34.1 Å². The van der Waals surface area contributed by atoms with Gasteiger partial charge in [-0.25, -0.2) is 0 Å². The van der Waals surface area contributed by atoms with Crippen molar-refractivity contribution in [3.05, 3.63) is 59.2 Å². The molecule has 1 aromatic carbocycles. The Kier molecular flexibility index (Phi) is 3.02. The van der Waals surface area contributed by atoms with E-state index < -0.39 is 0 Å². The summed E-state index contributed by atoms with van der Waals surface area (Å²) in [4.78, 5) is 4.12. The molecule has 0 atom stereocenters. The Morgan fingerprint density at radius 2 is 2.17 bits per heavy atom. The highest BCUT2D eigenvalue weighted by Crippen LogP contribution is 2.24. The molecule has 4 heteroatoms. The zero-order chi connectivity index (χ0) is 12.4. The number of fused-ring (bicyclic) bond motifs is 1. The maximum absolute atomic E-state index is 5.38. The predicted octanol–water partition coefficient (Wildman–Crippen LogP) is 4.20. The lowest BCUT2D eigenvalue weighted by atomic mass is 10.1. The Bertz CT molecular complexity index is 673. The van der Waals surface area contributed by atoms with Gasteiger partial charge in [0.05, 0.1) is 17.3 Å². The molecule has 2 heterocycles. The molecule has 2 aromatic heterocycles. The van der Waals surface area contributed by atoms with Crippen molar-refractivity contribution < 1.29 is 4.42 Å². The summed E-state index contributed by atoms with van der Waals surface area (Å²) in [6.45, 7) is 0.648. The number of pyridine rings is 1. The van der Waals surface area contributed by atoms with E-state index in [1.807, 2.05) is 24.4 Å². The molecule has 0 bridgehead atoms. The van der Waals surface area contributed by atoms with E-state index in [4.69, 9.17) is 4.42 Å². The average molecular weight is 303 g/mol. The lowest BCUT2D eigenvalue weighted by molar-refractivity contribution is 0.516. The molecule has 0 aliphatic rings. The van der Waals surface area contributed by atoms with Crippen LogP contribution in [0.5, 0.6) is 0 Å². The van der Waals surface area contributed by atoms with Crippen LogP contribution in [-0.2, 0) is 6.54 Å². The zero-order valence-electron chi connectivity index (χ0n) is 9.56. The van der Waals surface area contributed by atoms with Crippen molar-refractivity contribution in [1.29, 1.82) is 0 Å². The minimum Gasteiger partial charge on any atom is -0.466 e. The normalized spacial score (nSPS) is 10.7. The van der Waals surface area contributed by atoms with Crippen LogP contribution in [-0.4, -0.2) is 4.98 Å². The van der Waals surface area contributed by atoms with E-state index in [9.17, 15) is 0 Å². The van der Waals surface area contributed by atoms with Gasteiger partial charge in [0.2, 0.25) is 0 Å². The van der Waals surface area contributed by atoms with Gasteiger partial charge in [0.15, 0.2) is 0 Å².